The average molecular weight is 166 g/mol. The van der Waals surface area contributed by atoms with E-state index in [0.717, 1.165) is 11.8 Å². The van der Waals surface area contributed by atoms with Crippen LogP contribution < -0.4 is 0 Å². The van der Waals surface area contributed by atoms with Crippen LogP contribution in [-0.4, -0.2) is 11.1 Å². The van der Waals surface area contributed by atoms with Crippen molar-refractivity contribution in [2.24, 2.45) is 17.8 Å². The minimum Gasteiger partial charge on any atom is -0.478 e. The van der Waals surface area contributed by atoms with Gasteiger partial charge < -0.3 is 5.11 Å². The summed E-state index contributed by atoms with van der Waals surface area (Å²) in [5.41, 5.74) is 0. The molecule has 1 N–H and O–H groups in total. The lowest BCUT2D eigenvalue weighted by atomic mass is 9.89. The highest BCUT2D eigenvalue weighted by atomic mass is 16.4. The minimum absolute atomic E-state index is 0.569. The first-order chi connectivity index (χ1) is 5.75. The topological polar surface area (TPSA) is 37.3 Å². The summed E-state index contributed by atoms with van der Waals surface area (Å²) in [4.78, 5) is 10.3. The summed E-state index contributed by atoms with van der Waals surface area (Å²) >= 11 is 0. The number of aliphatic carboxylic acids is 1. The van der Waals surface area contributed by atoms with Gasteiger partial charge in [0.1, 0.15) is 0 Å². The van der Waals surface area contributed by atoms with E-state index in [-0.39, 0.29) is 0 Å². The van der Waals surface area contributed by atoms with Crippen LogP contribution in [0.2, 0.25) is 0 Å². The van der Waals surface area contributed by atoms with Gasteiger partial charge in [0.15, 0.2) is 0 Å². The molecule has 66 valence electrons. The Balaban J connectivity index is 1.94. The largest absolute Gasteiger partial charge is 0.478 e. The Morgan fingerprint density at radius 1 is 1.33 bits per heavy atom. The summed E-state index contributed by atoms with van der Waals surface area (Å²) in [5, 5.41) is 8.46. The van der Waals surface area contributed by atoms with Gasteiger partial charge in [-0.15, -0.1) is 0 Å². The van der Waals surface area contributed by atoms with Crippen LogP contribution in [0.25, 0.3) is 0 Å². The fourth-order valence-electron chi connectivity index (χ4n) is 2.74. The molecule has 2 rings (SSSR count). The minimum atomic E-state index is -0.808. The van der Waals surface area contributed by atoms with E-state index in [0.29, 0.717) is 5.92 Å². The second-order valence-electron chi connectivity index (χ2n) is 4.04. The van der Waals surface area contributed by atoms with Gasteiger partial charge in [0, 0.05) is 6.08 Å². The van der Waals surface area contributed by atoms with Crippen LogP contribution in [-0.2, 0) is 4.79 Å². The molecular weight excluding hydrogens is 152 g/mol. The van der Waals surface area contributed by atoms with Crippen molar-refractivity contribution in [1.29, 1.82) is 0 Å². The maximum absolute atomic E-state index is 10.3. The van der Waals surface area contributed by atoms with Crippen molar-refractivity contribution in [2.45, 2.75) is 25.7 Å². The highest BCUT2D eigenvalue weighted by Gasteiger charge is 2.37. The second-order valence-corrected chi connectivity index (χ2v) is 4.04. The maximum atomic E-state index is 10.3. The van der Waals surface area contributed by atoms with Gasteiger partial charge in [0.2, 0.25) is 0 Å². The van der Waals surface area contributed by atoms with Gasteiger partial charge >= 0.3 is 5.97 Å². The number of carboxylic acids is 1. The predicted octanol–water partition coefficient (Wildman–Crippen LogP) is 2.06. The molecule has 3 atom stereocenters. The number of carbonyl (C=O) groups is 1. The average Bonchev–Trinajstić information content (AvgIpc) is 2.60. The molecular formula is C10H14O2. The normalized spacial score (nSPS) is 39.5. The number of hydrogen-bond acceptors (Lipinski definition) is 1. The van der Waals surface area contributed by atoms with E-state index in [1.807, 2.05) is 6.08 Å². The number of carboxylic acid groups (broad SMARTS) is 1. The lowest BCUT2D eigenvalue weighted by Gasteiger charge is -2.17. The first-order valence-corrected chi connectivity index (χ1v) is 4.67. The van der Waals surface area contributed by atoms with Gasteiger partial charge in [-0.05, 0) is 37.0 Å². The fraction of sp³-hybridized carbons (Fsp3) is 0.700. The first-order valence-electron chi connectivity index (χ1n) is 4.67. The highest BCUT2D eigenvalue weighted by molar-refractivity contribution is 5.79. The fourth-order valence-corrected chi connectivity index (χ4v) is 2.74. The Labute approximate surface area is 72.3 Å². The molecule has 0 amide bonds. The van der Waals surface area contributed by atoms with E-state index >= 15 is 0 Å². The van der Waals surface area contributed by atoms with Gasteiger partial charge in [0.05, 0.1) is 0 Å². The van der Waals surface area contributed by atoms with Gasteiger partial charge in [0.25, 0.3) is 0 Å². The van der Waals surface area contributed by atoms with Gasteiger partial charge in [-0.1, -0.05) is 12.5 Å². The molecule has 0 saturated heterocycles. The van der Waals surface area contributed by atoms with Crippen LogP contribution >= 0.6 is 0 Å². The summed E-state index contributed by atoms with van der Waals surface area (Å²) in [6, 6.07) is 0. The molecule has 0 aliphatic heterocycles. The van der Waals surface area contributed by atoms with Crippen molar-refractivity contribution < 1.29 is 9.90 Å². The van der Waals surface area contributed by atoms with E-state index in [1.165, 1.54) is 31.8 Å². The van der Waals surface area contributed by atoms with Crippen molar-refractivity contribution in [3.63, 3.8) is 0 Å². The lowest BCUT2D eigenvalue weighted by Crippen LogP contribution is -2.07. The molecule has 0 radical (unpaired) electrons. The number of allylic oxidation sites excluding steroid dienone is 1. The molecule has 2 saturated carbocycles. The van der Waals surface area contributed by atoms with Crippen molar-refractivity contribution >= 4 is 5.97 Å². The van der Waals surface area contributed by atoms with E-state index in [2.05, 4.69) is 0 Å². The smallest absolute Gasteiger partial charge is 0.327 e. The zero-order valence-corrected chi connectivity index (χ0v) is 7.07. The van der Waals surface area contributed by atoms with E-state index in [9.17, 15) is 4.79 Å². The molecule has 2 aliphatic carbocycles. The van der Waals surface area contributed by atoms with E-state index in [4.69, 9.17) is 5.11 Å². The Bertz CT molecular complexity index is 220. The first kappa shape index (κ1) is 7.84. The summed E-state index contributed by atoms with van der Waals surface area (Å²) in [6.45, 7) is 0. The maximum Gasteiger partial charge on any atom is 0.327 e. The number of fused-ring (bicyclic) bond motifs is 2. The van der Waals surface area contributed by atoms with E-state index in [1.54, 1.807) is 0 Å². The number of rotatable bonds is 2. The number of hydrogen-bond donors (Lipinski definition) is 1. The van der Waals surface area contributed by atoms with Crippen LogP contribution in [0.15, 0.2) is 12.2 Å². The Morgan fingerprint density at radius 3 is 2.67 bits per heavy atom. The molecule has 2 nitrogen and oxygen atoms in total. The van der Waals surface area contributed by atoms with Crippen molar-refractivity contribution in [1.82, 2.24) is 0 Å². The second kappa shape index (κ2) is 2.92. The van der Waals surface area contributed by atoms with Crippen LogP contribution in [0, 0.1) is 17.8 Å². The van der Waals surface area contributed by atoms with Crippen molar-refractivity contribution in [3.8, 4) is 0 Å². The molecule has 2 heteroatoms. The molecule has 12 heavy (non-hydrogen) atoms. The predicted molar refractivity (Wildman–Crippen MR) is 45.7 cm³/mol. The van der Waals surface area contributed by atoms with Crippen molar-refractivity contribution in [3.05, 3.63) is 12.2 Å². The monoisotopic (exact) mass is 166 g/mol. The Hall–Kier alpha value is -0.790. The quantitative estimate of drug-likeness (QED) is 0.637. The van der Waals surface area contributed by atoms with Gasteiger partial charge in [-0.3, -0.25) is 0 Å². The molecule has 2 fully saturated rings. The molecule has 0 unspecified atom stereocenters. The molecule has 0 heterocycles. The molecule has 2 aliphatic rings. The molecule has 2 bridgehead atoms. The summed E-state index contributed by atoms with van der Waals surface area (Å²) in [5.74, 6) is 1.46. The summed E-state index contributed by atoms with van der Waals surface area (Å²) in [7, 11) is 0. The third-order valence-electron chi connectivity index (χ3n) is 3.28. The zero-order valence-electron chi connectivity index (χ0n) is 7.07. The molecule has 0 aromatic carbocycles. The summed E-state index contributed by atoms with van der Waals surface area (Å²) < 4.78 is 0. The highest BCUT2D eigenvalue weighted by Crippen LogP contribution is 2.48. The Kier molecular flexibility index (Phi) is 1.91. The molecule has 0 aromatic heterocycles. The third-order valence-corrected chi connectivity index (χ3v) is 3.28. The lowest BCUT2D eigenvalue weighted by molar-refractivity contribution is -0.131. The Morgan fingerprint density at radius 2 is 2.17 bits per heavy atom. The standard InChI is InChI=1S/C10H14O2/c11-10(12)4-3-9-6-7-1-2-8(9)5-7/h3-4,7-9H,1-2,5-6H2,(H,11,12)/b4-3+/t7-,8+,9-/m1/s1. The van der Waals surface area contributed by atoms with Crippen LogP contribution in [0.1, 0.15) is 25.7 Å². The third kappa shape index (κ3) is 1.38. The van der Waals surface area contributed by atoms with Gasteiger partial charge in [-0.25, -0.2) is 4.79 Å². The van der Waals surface area contributed by atoms with Crippen LogP contribution in [0.4, 0.5) is 0 Å². The zero-order chi connectivity index (χ0) is 8.55. The van der Waals surface area contributed by atoms with Gasteiger partial charge in [-0.2, -0.15) is 0 Å². The van der Waals surface area contributed by atoms with Crippen molar-refractivity contribution in [2.75, 3.05) is 0 Å². The van der Waals surface area contributed by atoms with E-state index < -0.39 is 5.97 Å². The SMILES string of the molecule is O=C(O)/C=C/[C@@H]1C[C@@H]2CC[C@H]1C2. The molecule has 0 spiro atoms. The summed E-state index contributed by atoms with van der Waals surface area (Å²) in [6.07, 6.45) is 8.47. The molecule has 0 aromatic rings. The van der Waals surface area contributed by atoms with Crippen LogP contribution in [0.3, 0.4) is 0 Å². The van der Waals surface area contributed by atoms with Crippen LogP contribution in [0.5, 0.6) is 0 Å².